The first-order chi connectivity index (χ1) is 7.79. The second kappa shape index (κ2) is 5.16. The van der Waals surface area contributed by atoms with Crippen LogP contribution in [0.4, 0.5) is 0 Å². The van der Waals surface area contributed by atoms with Crippen LogP contribution in [0.15, 0.2) is 42.0 Å². The van der Waals surface area contributed by atoms with Crippen LogP contribution in [-0.2, 0) is 0 Å². The van der Waals surface area contributed by atoms with Crippen molar-refractivity contribution in [2.75, 3.05) is 0 Å². The molecule has 0 saturated heterocycles. The maximum Gasteiger partial charge on any atom is -0.0126 e. The Hall–Kier alpha value is -1.30. The van der Waals surface area contributed by atoms with Crippen molar-refractivity contribution in [2.24, 2.45) is 0 Å². The molecule has 1 aromatic carbocycles. The highest BCUT2D eigenvalue weighted by atomic mass is 14.1. The fraction of sp³-hybridized carbons (Fsp3) is 0.375. The molecular weight excluding hydrogens is 192 g/mol. The predicted molar refractivity (Wildman–Crippen MR) is 71.4 cm³/mol. The summed E-state index contributed by atoms with van der Waals surface area (Å²) in [5, 5.41) is 0. The largest absolute Gasteiger partial charge is 0.0726 e. The minimum atomic E-state index is 1.16. The van der Waals surface area contributed by atoms with Gasteiger partial charge in [-0.15, -0.1) is 0 Å². The van der Waals surface area contributed by atoms with Gasteiger partial charge >= 0.3 is 0 Å². The van der Waals surface area contributed by atoms with E-state index in [2.05, 4.69) is 50.3 Å². The van der Waals surface area contributed by atoms with Gasteiger partial charge < -0.3 is 0 Å². The molecule has 84 valence electrons. The van der Waals surface area contributed by atoms with E-state index in [1.165, 1.54) is 36.0 Å². The smallest absolute Gasteiger partial charge is 0.0126 e. The van der Waals surface area contributed by atoms with Crippen LogP contribution in [-0.4, -0.2) is 0 Å². The summed E-state index contributed by atoms with van der Waals surface area (Å²) in [6.45, 7) is 4.39. The summed E-state index contributed by atoms with van der Waals surface area (Å²) < 4.78 is 0. The number of hydrogen-bond acceptors (Lipinski definition) is 0. The van der Waals surface area contributed by atoms with Gasteiger partial charge in [0.05, 0.1) is 0 Å². The molecule has 16 heavy (non-hydrogen) atoms. The lowest BCUT2D eigenvalue weighted by molar-refractivity contribution is 0.779. The molecule has 2 rings (SSSR count). The molecule has 1 aliphatic rings. The van der Waals surface area contributed by atoms with Crippen LogP contribution in [0, 0.1) is 6.92 Å². The Morgan fingerprint density at radius 3 is 2.56 bits per heavy atom. The summed E-state index contributed by atoms with van der Waals surface area (Å²) >= 11 is 0. The SMILES string of the molecule is CCCCC1=CC(c2ccc(C)cc2)=CC1. The lowest BCUT2D eigenvalue weighted by Gasteiger charge is -2.00. The lowest BCUT2D eigenvalue weighted by atomic mass is 10.0. The van der Waals surface area contributed by atoms with Crippen molar-refractivity contribution in [2.45, 2.75) is 39.5 Å². The minimum Gasteiger partial charge on any atom is -0.0726 e. The van der Waals surface area contributed by atoms with Crippen molar-refractivity contribution >= 4 is 5.57 Å². The highest BCUT2D eigenvalue weighted by Crippen LogP contribution is 2.28. The van der Waals surface area contributed by atoms with E-state index in [9.17, 15) is 0 Å². The monoisotopic (exact) mass is 212 g/mol. The highest BCUT2D eigenvalue weighted by molar-refractivity contribution is 5.77. The van der Waals surface area contributed by atoms with Gasteiger partial charge in [0, 0.05) is 0 Å². The molecule has 0 aliphatic heterocycles. The van der Waals surface area contributed by atoms with Crippen LogP contribution in [0.1, 0.15) is 43.7 Å². The van der Waals surface area contributed by atoms with Crippen molar-refractivity contribution < 1.29 is 0 Å². The van der Waals surface area contributed by atoms with Crippen LogP contribution in [0.3, 0.4) is 0 Å². The summed E-state index contributed by atoms with van der Waals surface area (Å²) in [5.41, 5.74) is 5.69. The third-order valence-electron chi connectivity index (χ3n) is 3.18. The highest BCUT2D eigenvalue weighted by Gasteiger charge is 2.07. The summed E-state index contributed by atoms with van der Waals surface area (Å²) in [6, 6.07) is 8.82. The van der Waals surface area contributed by atoms with Crippen molar-refractivity contribution in [3.8, 4) is 0 Å². The molecule has 0 N–H and O–H groups in total. The van der Waals surface area contributed by atoms with Crippen LogP contribution < -0.4 is 0 Å². The first-order valence-electron chi connectivity index (χ1n) is 6.26. The normalized spacial score (nSPS) is 14.9. The maximum absolute atomic E-state index is 2.38. The molecular formula is C16H20. The van der Waals surface area contributed by atoms with Crippen LogP contribution in [0.2, 0.25) is 0 Å². The Morgan fingerprint density at radius 1 is 1.12 bits per heavy atom. The second-order valence-electron chi connectivity index (χ2n) is 4.64. The van der Waals surface area contributed by atoms with Crippen molar-refractivity contribution in [1.82, 2.24) is 0 Å². The molecule has 0 bridgehead atoms. The van der Waals surface area contributed by atoms with Gasteiger partial charge in [0.1, 0.15) is 0 Å². The molecule has 0 nitrogen and oxygen atoms in total. The molecule has 0 radical (unpaired) electrons. The number of benzene rings is 1. The van der Waals surface area contributed by atoms with Gasteiger partial charge in [-0.3, -0.25) is 0 Å². The predicted octanol–water partition coefficient (Wildman–Crippen LogP) is 4.90. The quantitative estimate of drug-likeness (QED) is 0.666. The Labute approximate surface area is 98.7 Å². The Kier molecular flexibility index (Phi) is 3.61. The standard InChI is InChI=1S/C16H20/c1-3-4-5-14-8-11-16(12-14)15-9-6-13(2)7-10-15/h6-7,9-12H,3-5,8H2,1-2H3. The van der Waals surface area contributed by atoms with Gasteiger partial charge in [-0.05, 0) is 37.3 Å². The van der Waals surface area contributed by atoms with Gasteiger partial charge in [-0.25, -0.2) is 0 Å². The molecule has 0 fully saturated rings. The lowest BCUT2D eigenvalue weighted by Crippen LogP contribution is -1.80. The summed E-state index contributed by atoms with van der Waals surface area (Å²) in [7, 11) is 0. The van der Waals surface area contributed by atoms with Crippen molar-refractivity contribution in [1.29, 1.82) is 0 Å². The van der Waals surface area contributed by atoms with E-state index in [4.69, 9.17) is 0 Å². The van der Waals surface area contributed by atoms with E-state index in [1.54, 1.807) is 5.57 Å². The Morgan fingerprint density at radius 2 is 1.88 bits per heavy atom. The first-order valence-corrected chi connectivity index (χ1v) is 6.26. The van der Waals surface area contributed by atoms with E-state index < -0.39 is 0 Å². The maximum atomic E-state index is 2.38. The average Bonchev–Trinajstić information content (AvgIpc) is 2.76. The van der Waals surface area contributed by atoms with E-state index in [0.29, 0.717) is 0 Å². The Balaban J connectivity index is 2.06. The van der Waals surface area contributed by atoms with E-state index in [-0.39, 0.29) is 0 Å². The average molecular weight is 212 g/mol. The third kappa shape index (κ3) is 2.63. The van der Waals surface area contributed by atoms with Gasteiger partial charge in [0.25, 0.3) is 0 Å². The molecule has 0 saturated carbocycles. The van der Waals surface area contributed by atoms with Crippen LogP contribution in [0.25, 0.3) is 5.57 Å². The molecule has 0 heterocycles. The van der Waals surface area contributed by atoms with Gasteiger partial charge in [0.2, 0.25) is 0 Å². The molecule has 0 amide bonds. The van der Waals surface area contributed by atoms with Gasteiger partial charge in [-0.2, -0.15) is 0 Å². The Bertz CT molecular complexity index is 404. The second-order valence-corrected chi connectivity index (χ2v) is 4.64. The van der Waals surface area contributed by atoms with E-state index in [1.807, 2.05) is 0 Å². The zero-order valence-corrected chi connectivity index (χ0v) is 10.3. The fourth-order valence-corrected chi connectivity index (χ4v) is 2.10. The minimum absolute atomic E-state index is 1.16. The van der Waals surface area contributed by atoms with Crippen LogP contribution in [0.5, 0.6) is 0 Å². The molecule has 0 atom stereocenters. The van der Waals surface area contributed by atoms with Gasteiger partial charge in [-0.1, -0.05) is 60.9 Å². The molecule has 1 aromatic rings. The molecule has 0 aromatic heterocycles. The summed E-state index contributed by atoms with van der Waals surface area (Å²) in [5.74, 6) is 0. The number of aryl methyl sites for hydroxylation is 1. The summed E-state index contributed by atoms with van der Waals surface area (Å²) in [6.07, 6.45) is 9.76. The first kappa shape index (κ1) is 11.2. The zero-order chi connectivity index (χ0) is 11.4. The molecule has 0 heteroatoms. The van der Waals surface area contributed by atoms with Gasteiger partial charge in [0.15, 0.2) is 0 Å². The molecule has 0 unspecified atom stereocenters. The number of hydrogen-bond donors (Lipinski definition) is 0. The van der Waals surface area contributed by atoms with Crippen LogP contribution >= 0.6 is 0 Å². The number of unbranched alkanes of at least 4 members (excludes halogenated alkanes) is 1. The topological polar surface area (TPSA) is 0 Å². The van der Waals surface area contributed by atoms with E-state index in [0.717, 1.165) is 6.42 Å². The van der Waals surface area contributed by atoms with Crippen molar-refractivity contribution in [3.05, 3.63) is 53.1 Å². The summed E-state index contributed by atoms with van der Waals surface area (Å²) in [4.78, 5) is 0. The fourth-order valence-electron chi connectivity index (χ4n) is 2.10. The molecule has 1 aliphatic carbocycles. The molecule has 0 spiro atoms. The van der Waals surface area contributed by atoms with E-state index >= 15 is 0 Å². The third-order valence-corrected chi connectivity index (χ3v) is 3.18. The zero-order valence-electron chi connectivity index (χ0n) is 10.3. The van der Waals surface area contributed by atoms with Crippen molar-refractivity contribution in [3.63, 3.8) is 0 Å². The number of rotatable bonds is 4. The number of allylic oxidation sites excluding steroid dienone is 4.